The lowest BCUT2D eigenvalue weighted by molar-refractivity contribution is 0.611. The van der Waals surface area contributed by atoms with Crippen LogP contribution < -0.4 is 0 Å². The summed E-state index contributed by atoms with van der Waals surface area (Å²) in [6, 6.07) is 2.14. The molecular weight excluding hydrogens is 112 g/mol. The summed E-state index contributed by atoms with van der Waals surface area (Å²) in [6.45, 7) is 8.92. The molecule has 0 aliphatic rings. The van der Waals surface area contributed by atoms with Gasteiger partial charge in [0.1, 0.15) is 0 Å². The first kappa shape index (κ1) is 7.98. The zero-order chi connectivity index (χ0) is 7.11. The molecule has 0 aromatic rings. The lowest BCUT2D eigenvalue weighted by Gasteiger charge is -1.96. The van der Waals surface area contributed by atoms with E-state index in [1.54, 1.807) is 0 Å². The van der Waals surface area contributed by atoms with Crippen LogP contribution >= 0.6 is 0 Å². The van der Waals surface area contributed by atoms with Crippen molar-refractivity contribution in [3.63, 3.8) is 0 Å². The van der Waals surface area contributed by atoms with Crippen molar-refractivity contribution in [1.29, 1.82) is 5.26 Å². The minimum atomic E-state index is 0.0964. The summed E-state index contributed by atoms with van der Waals surface area (Å²) in [4.78, 5) is 3.17. The van der Waals surface area contributed by atoms with Crippen molar-refractivity contribution in [2.45, 2.75) is 19.8 Å². The van der Waals surface area contributed by atoms with Crippen LogP contribution in [0.25, 0.3) is 4.85 Å². The van der Waals surface area contributed by atoms with E-state index in [0.29, 0.717) is 6.54 Å². The summed E-state index contributed by atoms with van der Waals surface area (Å²) >= 11 is 0. The summed E-state index contributed by atoms with van der Waals surface area (Å²) in [7, 11) is 0. The van der Waals surface area contributed by atoms with Crippen LogP contribution in [-0.4, -0.2) is 6.54 Å². The highest BCUT2D eigenvalue weighted by Gasteiger charge is 2.03. The first-order chi connectivity index (χ1) is 4.35. The average molecular weight is 122 g/mol. The average Bonchev–Trinajstić information content (AvgIpc) is 1.91. The number of nitrogens with zero attached hydrogens (tertiary/aromatic N) is 2. The fourth-order valence-electron chi connectivity index (χ4n) is 0.580. The van der Waals surface area contributed by atoms with Crippen LogP contribution in [0.1, 0.15) is 19.8 Å². The number of hydrogen-bond acceptors (Lipinski definition) is 1. The van der Waals surface area contributed by atoms with E-state index >= 15 is 0 Å². The molecule has 1 atom stereocenters. The van der Waals surface area contributed by atoms with E-state index in [4.69, 9.17) is 11.8 Å². The second-order valence-corrected chi connectivity index (χ2v) is 1.90. The van der Waals surface area contributed by atoms with Gasteiger partial charge in [-0.15, -0.1) is 0 Å². The first-order valence-corrected chi connectivity index (χ1v) is 3.08. The fourth-order valence-corrected chi connectivity index (χ4v) is 0.580. The predicted octanol–water partition coefficient (Wildman–Crippen LogP) is 1.85. The molecular formula is C7H10N2. The van der Waals surface area contributed by atoms with E-state index in [9.17, 15) is 0 Å². The molecule has 9 heavy (non-hydrogen) atoms. The van der Waals surface area contributed by atoms with E-state index in [-0.39, 0.29) is 5.92 Å². The molecule has 0 saturated heterocycles. The zero-order valence-electron chi connectivity index (χ0n) is 5.59. The van der Waals surface area contributed by atoms with E-state index in [0.717, 1.165) is 12.8 Å². The Balaban J connectivity index is 3.37. The fraction of sp³-hybridized carbons (Fsp3) is 0.714. The highest BCUT2D eigenvalue weighted by atomic mass is 14.6. The van der Waals surface area contributed by atoms with Crippen molar-refractivity contribution in [2.75, 3.05) is 6.54 Å². The Hall–Kier alpha value is -1.02. The van der Waals surface area contributed by atoms with Crippen LogP contribution in [0.15, 0.2) is 0 Å². The Morgan fingerprint density at radius 3 is 2.78 bits per heavy atom. The molecule has 0 aromatic carbocycles. The minimum absolute atomic E-state index is 0.0964. The van der Waals surface area contributed by atoms with Gasteiger partial charge in [-0.3, -0.25) is 0 Å². The molecule has 0 amide bonds. The van der Waals surface area contributed by atoms with Crippen molar-refractivity contribution >= 4 is 0 Å². The molecule has 0 rings (SSSR count). The second-order valence-electron chi connectivity index (χ2n) is 1.90. The van der Waals surface area contributed by atoms with Crippen LogP contribution in [-0.2, 0) is 0 Å². The third-order valence-corrected chi connectivity index (χ3v) is 1.26. The number of rotatable bonds is 3. The van der Waals surface area contributed by atoms with Gasteiger partial charge in [-0.2, -0.15) is 5.26 Å². The van der Waals surface area contributed by atoms with Gasteiger partial charge in [0.05, 0.1) is 12.0 Å². The third-order valence-electron chi connectivity index (χ3n) is 1.26. The lowest BCUT2D eigenvalue weighted by Crippen LogP contribution is -1.95. The van der Waals surface area contributed by atoms with E-state index in [1.165, 1.54) is 0 Å². The number of hydrogen-bond donors (Lipinski definition) is 0. The Morgan fingerprint density at radius 1 is 1.78 bits per heavy atom. The normalized spacial score (nSPS) is 11.4. The largest absolute Gasteiger partial charge is 0.317 e. The van der Waals surface area contributed by atoms with E-state index < -0.39 is 0 Å². The van der Waals surface area contributed by atoms with E-state index in [2.05, 4.69) is 10.9 Å². The summed E-state index contributed by atoms with van der Waals surface area (Å²) in [5.74, 6) is 0.0964. The molecule has 1 unspecified atom stereocenters. The third kappa shape index (κ3) is 3.55. The molecule has 0 aliphatic carbocycles. The molecule has 0 aliphatic heterocycles. The molecule has 0 saturated carbocycles. The molecule has 0 radical (unpaired) electrons. The van der Waals surface area contributed by atoms with Gasteiger partial charge in [0, 0.05) is 6.42 Å². The maximum Gasteiger partial charge on any atom is 0.215 e. The predicted molar refractivity (Wildman–Crippen MR) is 35.5 cm³/mol. The topological polar surface area (TPSA) is 28.1 Å². The molecule has 0 spiro atoms. The zero-order valence-corrected chi connectivity index (χ0v) is 5.59. The van der Waals surface area contributed by atoms with E-state index in [1.807, 2.05) is 6.92 Å². The van der Waals surface area contributed by atoms with Crippen molar-refractivity contribution in [3.05, 3.63) is 11.4 Å². The molecule has 2 nitrogen and oxygen atoms in total. The Kier molecular flexibility index (Phi) is 4.54. The van der Waals surface area contributed by atoms with Crippen LogP contribution in [0.4, 0.5) is 0 Å². The quantitative estimate of drug-likeness (QED) is 0.525. The van der Waals surface area contributed by atoms with Gasteiger partial charge >= 0.3 is 0 Å². The summed E-state index contributed by atoms with van der Waals surface area (Å²) in [5, 5.41) is 8.40. The lowest BCUT2D eigenvalue weighted by atomic mass is 10.1. The standard InChI is InChI=1S/C7H10N2/c1-3-7(6-8)4-5-9-2/h7H,3-5H2,1H3. The van der Waals surface area contributed by atoms with Gasteiger partial charge in [0.2, 0.25) is 6.54 Å². The molecule has 48 valence electrons. The Bertz CT molecular complexity index is 138. The minimum Gasteiger partial charge on any atom is -0.317 e. The van der Waals surface area contributed by atoms with Crippen molar-refractivity contribution in [2.24, 2.45) is 5.92 Å². The van der Waals surface area contributed by atoms with Gasteiger partial charge in [0.25, 0.3) is 0 Å². The monoisotopic (exact) mass is 122 g/mol. The number of nitriles is 1. The molecule has 2 heteroatoms. The summed E-state index contributed by atoms with van der Waals surface area (Å²) in [5.41, 5.74) is 0. The Labute approximate surface area is 55.9 Å². The van der Waals surface area contributed by atoms with Gasteiger partial charge < -0.3 is 4.85 Å². The van der Waals surface area contributed by atoms with Gasteiger partial charge in [0.15, 0.2) is 0 Å². The van der Waals surface area contributed by atoms with Crippen molar-refractivity contribution in [3.8, 4) is 6.07 Å². The molecule has 0 fully saturated rings. The van der Waals surface area contributed by atoms with Crippen molar-refractivity contribution in [1.82, 2.24) is 0 Å². The first-order valence-electron chi connectivity index (χ1n) is 3.08. The molecule has 0 heterocycles. The molecule has 0 N–H and O–H groups in total. The van der Waals surface area contributed by atoms with Crippen LogP contribution in [0, 0.1) is 23.8 Å². The highest BCUT2D eigenvalue weighted by Crippen LogP contribution is 2.05. The molecule has 0 bridgehead atoms. The smallest absolute Gasteiger partial charge is 0.215 e. The Morgan fingerprint density at radius 2 is 2.44 bits per heavy atom. The van der Waals surface area contributed by atoms with Gasteiger partial charge in [-0.25, -0.2) is 6.57 Å². The maximum absolute atomic E-state index is 8.40. The van der Waals surface area contributed by atoms with Gasteiger partial charge in [-0.05, 0) is 6.42 Å². The summed E-state index contributed by atoms with van der Waals surface area (Å²) < 4.78 is 0. The van der Waals surface area contributed by atoms with Crippen LogP contribution in [0.5, 0.6) is 0 Å². The van der Waals surface area contributed by atoms with Crippen LogP contribution in [0.3, 0.4) is 0 Å². The SMILES string of the molecule is [C-]#[N+]CCC(C#N)CC. The second kappa shape index (κ2) is 5.12. The van der Waals surface area contributed by atoms with Crippen molar-refractivity contribution < 1.29 is 0 Å². The van der Waals surface area contributed by atoms with Gasteiger partial charge in [-0.1, -0.05) is 6.92 Å². The maximum atomic E-state index is 8.40. The van der Waals surface area contributed by atoms with Crippen LogP contribution in [0.2, 0.25) is 0 Å². The molecule has 0 aromatic heterocycles. The summed E-state index contributed by atoms with van der Waals surface area (Å²) in [6.07, 6.45) is 1.60. The highest BCUT2D eigenvalue weighted by molar-refractivity contribution is 4.83.